The quantitative estimate of drug-likeness (QED) is 0.588. The van der Waals surface area contributed by atoms with E-state index in [9.17, 15) is 18.0 Å². The molecular formula is C12H14BrN3O4S. The summed E-state index contributed by atoms with van der Waals surface area (Å²) in [5.41, 5.74) is 5.88. The van der Waals surface area contributed by atoms with Gasteiger partial charge in [-0.1, -0.05) is 0 Å². The number of rotatable bonds is 3. The van der Waals surface area contributed by atoms with Gasteiger partial charge in [-0.05, 0) is 40.5 Å². The number of halogens is 1. The Morgan fingerprint density at radius 2 is 2.05 bits per heavy atom. The molecule has 0 radical (unpaired) electrons. The van der Waals surface area contributed by atoms with Gasteiger partial charge in [0.1, 0.15) is 6.04 Å². The summed E-state index contributed by atoms with van der Waals surface area (Å²) >= 11 is 3.14. The monoisotopic (exact) mass is 375 g/mol. The van der Waals surface area contributed by atoms with Crippen molar-refractivity contribution in [2.45, 2.75) is 23.8 Å². The van der Waals surface area contributed by atoms with Crippen molar-refractivity contribution in [1.29, 1.82) is 0 Å². The van der Waals surface area contributed by atoms with Gasteiger partial charge in [0.15, 0.2) is 0 Å². The second-order valence-corrected chi connectivity index (χ2v) is 7.23. The number of benzene rings is 1. The van der Waals surface area contributed by atoms with Crippen molar-refractivity contribution in [3.8, 4) is 0 Å². The second kappa shape index (κ2) is 5.74. The number of piperidine rings is 1. The number of nitrogens with zero attached hydrogens (tertiary/aromatic N) is 1. The van der Waals surface area contributed by atoms with Crippen molar-refractivity contribution in [2.75, 3.05) is 12.8 Å². The maximum absolute atomic E-state index is 12.4. The molecule has 0 aromatic heterocycles. The molecule has 1 heterocycles. The van der Waals surface area contributed by atoms with Gasteiger partial charge in [-0.15, -0.1) is 0 Å². The minimum Gasteiger partial charge on any atom is -0.399 e. The first-order valence-corrected chi connectivity index (χ1v) is 8.38. The topological polar surface area (TPSA) is 110 Å². The molecule has 2 amide bonds. The summed E-state index contributed by atoms with van der Waals surface area (Å²) in [6.07, 6.45) is 0.259. The molecule has 1 unspecified atom stereocenters. The molecule has 0 saturated carbocycles. The second-order valence-electron chi connectivity index (χ2n) is 4.69. The molecule has 2 rings (SSSR count). The van der Waals surface area contributed by atoms with Crippen LogP contribution in [0.1, 0.15) is 12.8 Å². The highest BCUT2D eigenvalue weighted by Crippen LogP contribution is 2.25. The molecule has 1 aromatic carbocycles. The molecule has 1 saturated heterocycles. The molecule has 1 aliphatic rings. The number of carbonyl (C=O) groups is 2. The highest BCUT2D eigenvalue weighted by molar-refractivity contribution is 9.10. The molecule has 0 spiro atoms. The fourth-order valence-electron chi connectivity index (χ4n) is 2.00. The van der Waals surface area contributed by atoms with Crippen LogP contribution in [0.3, 0.4) is 0 Å². The number of imide groups is 1. The minimum atomic E-state index is -3.92. The Labute approximate surface area is 130 Å². The van der Waals surface area contributed by atoms with E-state index in [1.165, 1.54) is 19.2 Å². The van der Waals surface area contributed by atoms with Gasteiger partial charge < -0.3 is 5.73 Å². The Kier molecular flexibility index (Phi) is 4.35. The van der Waals surface area contributed by atoms with Gasteiger partial charge in [0, 0.05) is 23.6 Å². The van der Waals surface area contributed by atoms with Crippen LogP contribution < -0.4 is 10.5 Å². The molecule has 1 aliphatic heterocycles. The Morgan fingerprint density at radius 1 is 1.38 bits per heavy atom. The average Bonchev–Trinajstić information content (AvgIpc) is 2.42. The third kappa shape index (κ3) is 3.25. The number of likely N-dealkylation sites (tertiary alicyclic amines) is 1. The third-order valence-electron chi connectivity index (χ3n) is 3.19. The van der Waals surface area contributed by atoms with Crippen molar-refractivity contribution >= 4 is 43.5 Å². The van der Waals surface area contributed by atoms with Crippen molar-refractivity contribution in [1.82, 2.24) is 9.62 Å². The first-order chi connectivity index (χ1) is 9.72. The highest BCUT2D eigenvalue weighted by atomic mass is 79.9. The van der Waals surface area contributed by atoms with Crippen molar-refractivity contribution in [3.63, 3.8) is 0 Å². The van der Waals surface area contributed by atoms with E-state index in [1.54, 1.807) is 6.07 Å². The lowest BCUT2D eigenvalue weighted by Crippen LogP contribution is -2.52. The number of carbonyl (C=O) groups excluding carboxylic acids is 2. The largest absolute Gasteiger partial charge is 0.399 e. The predicted molar refractivity (Wildman–Crippen MR) is 79.7 cm³/mol. The van der Waals surface area contributed by atoms with Gasteiger partial charge in [0.25, 0.3) is 0 Å². The van der Waals surface area contributed by atoms with E-state index in [2.05, 4.69) is 20.7 Å². The lowest BCUT2D eigenvalue weighted by molar-refractivity contribution is -0.147. The van der Waals surface area contributed by atoms with Gasteiger partial charge in [-0.3, -0.25) is 14.5 Å². The SMILES string of the molecule is CN1C(=O)CCC(NS(=O)(=O)c2cc(N)ccc2Br)C1=O. The minimum absolute atomic E-state index is 0.0464. The van der Waals surface area contributed by atoms with E-state index in [0.717, 1.165) is 4.90 Å². The lowest BCUT2D eigenvalue weighted by atomic mass is 10.1. The number of likely N-dealkylation sites (N-methyl/N-ethyl adjacent to an activating group) is 1. The summed E-state index contributed by atoms with van der Waals surface area (Å²) in [5.74, 6) is -0.879. The van der Waals surface area contributed by atoms with Crippen molar-refractivity contribution < 1.29 is 18.0 Å². The summed E-state index contributed by atoms with van der Waals surface area (Å²) in [7, 11) is -2.59. The summed E-state index contributed by atoms with van der Waals surface area (Å²) < 4.78 is 27.4. The van der Waals surface area contributed by atoms with Crippen LogP contribution >= 0.6 is 15.9 Å². The highest BCUT2D eigenvalue weighted by Gasteiger charge is 2.35. The van der Waals surface area contributed by atoms with E-state index < -0.39 is 22.0 Å². The van der Waals surface area contributed by atoms with Crippen LogP contribution in [0.15, 0.2) is 27.6 Å². The van der Waals surface area contributed by atoms with Gasteiger partial charge in [-0.2, -0.15) is 4.72 Å². The fraction of sp³-hybridized carbons (Fsp3) is 0.333. The lowest BCUT2D eigenvalue weighted by Gasteiger charge is -2.28. The molecule has 7 nitrogen and oxygen atoms in total. The number of nitrogen functional groups attached to an aromatic ring is 1. The third-order valence-corrected chi connectivity index (χ3v) is 5.66. The number of hydrogen-bond donors (Lipinski definition) is 2. The van der Waals surface area contributed by atoms with Crippen LogP contribution in [0.2, 0.25) is 0 Å². The Balaban J connectivity index is 2.28. The van der Waals surface area contributed by atoms with E-state index in [-0.39, 0.29) is 23.6 Å². The molecule has 0 aliphatic carbocycles. The van der Waals surface area contributed by atoms with Crippen LogP contribution in [-0.4, -0.2) is 38.2 Å². The molecule has 1 fully saturated rings. The van der Waals surface area contributed by atoms with Gasteiger partial charge in [0.2, 0.25) is 21.8 Å². The Morgan fingerprint density at radius 3 is 2.71 bits per heavy atom. The van der Waals surface area contributed by atoms with E-state index in [1.807, 2.05) is 0 Å². The average molecular weight is 376 g/mol. The fourth-order valence-corrected chi connectivity index (χ4v) is 4.22. The normalized spacial score (nSPS) is 19.9. The summed E-state index contributed by atoms with van der Waals surface area (Å²) in [4.78, 5) is 24.2. The number of hydrogen-bond acceptors (Lipinski definition) is 5. The van der Waals surface area contributed by atoms with Gasteiger partial charge in [-0.25, -0.2) is 8.42 Å². The molecular weight excluding hydrogens is 362 g/mol. The van der Waals surface area contributed by atoms with E-state index in [0.29, 0.717) is 10.2 Å². The maximum atomic E-state index is 12.4. The van der Waals surface area contributed by atoms with Crippen molar-refractivity contribution in [3.05, 3.63) is 22.7 Å². The Hall–Kier alpha value is -1.45. The molecule has 1 aromatic rings. The van der Waals surface area contributed by atoms with Crippen LogP contribution in [0.25, 0.3) is 0 Å². The van der Waals surface area contributed by atoms with Crippen molar-refractivity contribution in [2.24, 2.45) is 0 Å². The van der Waals surface area contributed by atoms with Crippen LogP contribution in [-0.2, 0) is 19.6 Å². The molecule has 0 bridgehead atoms. The first kappa shape index (κ1) is 15.9. The number of anilines is 1. The molecule has 3 N–H and O–H groups in total. The molecule has 9 heteroatoms. The summed E-state index contributed by atoms with van der Waals surface area (Å²) in [6, 6.07) is 3.42. The first-order valence-electron chi connectivity index (χ1n) is 6.10. The maximum Gasteiger partial charge on any atom is 0.247 e. The van der Waals surface area contributed by atoms with E-state index in [4.69, 9.17) is 5.73 Å². The predicted octanol–water partition coefficient (Wildman–Crippen LogP) is 0.457. The van der Waals surface area contributed by atoms with E-state index >= 15 is 0 Å². The molecule has 114 valence electrons. The Bertz CT molecular complexity index is 704. The number of nitrogens with one attached hydrogen (secondary N) is 1. The van der Waals surface area contributed by atoms with Crippen LogP contribution in [0.4, 0.5) is 5.69 Å². The smallest absolute Gasteiger partial charge is 0.247 e. The molecule has 1 atom stereocenters. The zero-order valence-corrected chi connectivity index (χ0v) is 13.6. The number of sulfonamides is 1. The zero-order valence-electron chi connectivity index (χ0n) is 11.2. The summed E-state index contributed by atoms with van der Waals surface area (Å²) in [5, 5.41) is 0. The van der Waals surface area contributed by atoms with Crippen LogP contribution in [0, 0.1) is 0 Å². The standard InChI is InChI=1S/C12H14BrN3O4S/c1-16-11(17)5-4-9(12(16)18)15-21(19,20)10-6-7(14)2-3-8(10)13/h2-3,6,9,15H,4-5,14H2,1H3. The number of nitrogens with two attached hydrogens (primary N) is 1. The van der Waals surface area contributed by atoms with Crippen LogP contribution in [0.5, 0.6) is 0 Å². The zero-order chi connectivity index (χ0) is 15.8. The van der Waals surface area contributed by atoms with Gasteiger partial charge in [0.05, 0.1) is 4.90 Å². The molecule has 21 heavy (non-hydrogen) atoms. The summed E-state index contributed by atoms with van der Waals surface area (Å²) in [6.45, 7) is 0. The van der Waals surface area contributed by atoms with Gasteiger partial charge >= 0.3 is 0 Å². The number of amides is 2.